The molecule has 17 heavy (non-hydrogen) atoms. The van der Waals surface area contributed by atoms with Gasteiger partial charge in [0.25, 0.3) is 0 Å². The van der Waals surface area contributed by atoms with Crippen LogP contribution in [-0.4, -0.2) is 37.1 Å². The van der Waals surface area contributed by atoms with Crippen molar-refractivity contribution in [2.24, 2.45) is 0 Å². The zero-order valence-corrected chi connectivity index (χ0v) is 10.6. The third kappa shape index (κ3) is 2.53. The van der Waals surface area contributed by atoms with E-state index in [4.69, 9.17) is 0 Å². The highest BCUT2D eigenvalue weighted by Gasteiger charge is 2.35. The number of piperidine rings is 1. The molecule has 2 fully saturated rings. The summed E-state index contributed by atoms with van der Waals surface area (Å²) in [4.78, 5) is 2.70. The number of nitrogens with one attached hydrogen (secondary N) is 1. The number of rotatable bonds is 3. The van der Waals surface area contributed by atoms with Gasteiger partial charge >= 0.3 is 0 Å². The fourth-order valence-corrected chi connectivity index (χ4v) is 3.05. The second-order valence-corrected chi connectivity index (χ2v) is 5.51. The maximum absolute atomic E-state index is 3.47. The summed E-state index contributed by atoms with van der Waals surface area (Å²) in [5.74, 6) is 0.711. The molecule has 1 saturated heterocycles. The molecule has 2 unspecified atom stereocenters. The lowest BCUT2D eigenvalue weighted by molar-refractivity contribution is 0.167. The lowest BCUT2D eigenvalue weighted by Crippen LogP contribution is -2.48. The van der Waals surface area contributed by atoms with Crippen LogP contribution in [0.2, 0.25) is 0 Å². The molecule has 0 aromatic heterocycles. The zero-order chi connectivity index (χ0) is 11.7. The number of likely N-dealkylation sites (tertiary alicyclic amines) is 1. The van der Waals surface area contributed by atoms with Crippen LogP contribution in [0.3, 0.4) is 0 Å². The van der Waals surface area contributed by atoms with E-state index in [1.54, 1.807) is 0 Å². The van der Waals surface area contributed by atoms with Gasteiger partial charge < -0.3 is 5.32 Å². The molecule has 2 heteroatoms. The van der Waals surface area contributed by atoms with Gasteiger partial charge in [0.15, 0.2) is 0 Å². The standard InChI is InChI=1S/C15H22N2/c1-16-14-9-13(12-5-3-2-4-6-12)10-17(11-14)15-7-8-15/h2-6,13-16H,7-11H2,1H3. The number of benzene rings is 1. The van der Waals surface area contributed by atoms with E-state index in [2.05, 4.69) is 47.6 Å². The molecule has 2 atom stereocenters. The Morgan fingerprint density at radius 2 is 1.88 bits per heavy atom. The van der Waals surface area contributed by atoms with Gasteiger partial charge in [0, 0.05) is 25.2 Å². The van der Waals surface area contributed by atoms with Gasteiger partial charge in [-0.1, -0.05) is 30.3 Å². The predicted molar refractivity (Wildman–Crippen MR) is 71.2 cm³/mol. The third-order valence-corrected chi connectivity index (χ3v) is 4.22. The molecule has 1 heterocycles. The van der Waals surface area contributed by atoms with Crippen molar-refractivity contribution < 1.29 is 0 Å². The van der Waals surface area contributed by atoms with E-state index in [1.165, 1.54) is 37.9 Å². The summed E-state index contributed by atoms with van der Waals surface area (Å²) in [6, 6.07) is 12.6. The zero-order valence-electron chi connectivity index (χ0n) is 10.6. The lowest BCUT2D eigenvalue weighted by Gasteiger charge is -2.38. The Bertz CT molecular complexity index is 358. The number of hydrogen-bond donors (Lipinski definition) is 1. The number of likely N-dealkylation sites (N-methyl/N-ethyl adjacent to an activating group) is 1. The van der Waals surface area contributed by atoms with Gasteiger partial charge in [-0.3, -0.25) is 4.90 Å². The summed E-state index contributed by atoms with van der Waals surface area (Å²) >= 11 is 0. The molecule has 1 N–H and O–H groups in total. The molecule has 1 aliphatic carbocycles. The predicted octanol–water partition coefficient (Wildman–Crippen LogP) is 2.23. The summed E-state index contributed by atoms with van der Waals surface area (Å²) < 4.78 is 0. The Morgan fingerprint density at radius 1 is 1.12 bits per heavy atom. The Hall–Kier alpha value is -0.860. The number of hydrogen-bond acceptors (Lipinski definition) is 2. The van der Waals surface area contributed by atoms with Crippen molar-refractivity contribution in [1.82, 2.24) is 10.2 Å². The van der Waals surface area contributed by atoms with Gasteiger partial charge in [0.05, 0.1) is 0 Å². The Morgan fingerprint density at radius 3 is 2.53 bits per heavy atom. The molecular formula is C15H22N2. The molecule has 3 rings (SSSR count). The molecule has 2 nitrogen and oxygen atoms in total. The van der Waals surface area contributed by atoms with Crippen molar-refractivity contribution in [1.29, 1.82) is 0 Å². The second kappa shape index (κ2) is 4.79. The largest absolute Gasteiger partial charge is 0.316 e. The topological polar surface area (TPSA) is 15.3 Å². The van der Waals surface area contributed by atoms with Crippen LogP contribution in [0.15, 0.2) is 30.3 Å². The van der Waals surface area contributed by atoms with E-state index in [-0.39, 0.29) is 0 Å². The summed E-state index contributed by atoms with van der Waals surface area (Å²) in [6.07, 6.45) is 4.11. The highest BCUT2D eigenvalue weighted by Crippen LogP contribution is 2.34. The Balaban J connectivity index is 1.74. The quantitative estimate of drug-likeness (QED) is 0.856. The van der Waals surface area contributed by atoms with Crippen LogP contribution in [-0.2, 0) is 0 Å². The van der Waals surface area contributed by atoms with E-state index in [1.807, 2.05) is 0 Å². The molecular weight excluding hydrogens is 208 g/mol. The average Bonchev–Trinajstić information content (AvgIpc) is 3.23. The first kappa shape index (κ1) is 11.2. The summed E-state index contributed by atoms with van der Waals surface area (Å²) in [7, 11) is 2.10. The SMILES string of the molecule is CNC1CC(c2ccccc2)CN(C2CC2)C1. The van der Waals surface area contributed by atoms with Crippen LogP contribution in [0.25, 0.3) is 0 Å². The smallest absolute Gasteiger partial charge is 0.0198 e. The summed E-state index contributed by atoms with van der Waals surface area (Å²) in [5, 5.41) is 3.47. The Labute approximate surface area is 104 Å². The summed E-state index contributed by atoms with van der Waals surface area (Å²) in [6.45, 7) is 2.50. The minimum atomic E-state index is 0.662. The van der Waals surface area contributed by atoms with E-state index < -0.39 is 0 Å². The van der Waals surface area contributed by atoms with Crippen LogP contribution >= 0.6 is 0 Å². The molecule has 0 radical (unpaired) electrons. The second-order valence-electron chi connectivity index (χ2n) is 5.51. The molecule has 0 spiro atoms. The molecule has 0 bridgehead atoms. The van der Waals surface area contributed by atoms with Crippen molar-refractivity contribution in [2.45, 2.75) is 37.3 Å². The molecule has 1 aromatic rings. The van der Waals surface area contributed by atoms with Gasteiger partial charge in [0.1, 0.15) is 0 Å². The first-order valence-electron chi connectivity index (χ1n) is 6.83. The van der Waals surface area contributed by atoms with Gasteiger partial charge in [-0.25, -0.2) is 0 Å². The van der Waals surface area contributed by atoms with Crippen molar-refractivity contribution in [3.63, 3.8) is 0 Å². The van der Waals surface area contributed by atoms with Crippen LogP contribution in [0.1, 0.15) is 30.7 Å². The highest BCUT2D eigenvalue weighted by atomic mass is 15.2. The van der Waals surface area contributed by atoms with Crippen LogP contribution in [0.5, 0.6) is 0 Å². The Kier molecular flexibility index (Phi) is 3.17. The van der Waals surface area contributed by atoms with Crippen molar-refractivity contribution in [3.05, 3.63) is 35.9 Å². The van der Waals surface area contributed by atoms with Gasteiger partial charge in [-0.15, -0.1) is 0 Å². The lowest BCUT2D eigenvalue weighted by atomic mass is 9.88. The maximum Gasteiger partial charge on any atom is 0.0198 e. The van der Waals surface area contributed by atoms with E-state index in [0.717, 1.165) is 6.04 Å². The average molecular weight is 230 g/mol. The minimum Gasteiger partial charge on any atom is -0.316 e. The minimum absolute atomic E-state index is 0.662. The molecule has 2 aliphatic rings. The third-order valence-electron chi connectivity index (χ3n) is 4.22. The monoisotopic (exact) mass is 230 g/mol. The van der Waals surface area contributed by atoms with E-state index >= 15 is 0 Å². The first-order chi connectivity index (χ1) is 8.36. The fraction of sp³-hybridized carbons (Fsp3) is 0.600. The molecule has 0 amide bonds. The van der Waals surface area contributed by atoms with Crippen molar-refractivity contribution in [2.75, 3.05) is 20.1 Å². The molecule has 1 aromatic carbocycles. The van der Waals surface area contributed by atoms with E-state index in [9.17, 15) is 0 Å². The number of nitrogens with zero attached hydrogens (tertiary/aromatic N) is 1. The summed E-state index contributed by atoms with van der Waals surface area (Å²) in [5.41, 5.74) is 1.51. The first-order valence-corrected chi connectivity index (χ1v) is 6.83. The maximum atomic E-state index is 3.47. The highest BCUT2D eigenvalue weighted by molar-refractivity contribution is 5.21. The van der Waals surface area contributed by atoms with Crippen LogP contribution in [0.4, 0.5) is 0 Å². The fourth-order valence-electron chi connectivity index (χ4n) is 3.05. The van der Waals surface area contributed by atoms with Crippen LogP contribution < -0.4 is 5.32 Å². The van der Waals surface area contributed by atoms with Crippen molar-refractivity contribution >= 4 is 0 Å². The molecule has 92 valence electrons. The van der Waals surface area contributed by atoms with Gasteiger partial charge in [-0.2, -0.15) is 0 Å². The normalized spacial score (nSPS) is 30.4. The van der Waals surface area contributed by atoms with Gasteiger partial charge in [-0.05, 0) is 37.8 Å². The van der Waals surface area contributed by atoms with Gasteiger partial charge in [0.2, 0.25) is 0 Å². The van der Waals surface area contributed by atoms with E-state index in [0.29, 0.717) is 12.0 Å². The van der Waals surface area contributed by atoms with Crippen molar-refractivity contribution in [3.8, 4) is 0 Å². The molecule has 1 aliphatic heterocycles. The molecule has 1 saturated carbocycles. The van der Waals surface area contributed by atoms with Crippen LogP contribution in [0, 0.1) is 0 Å².